The van der Waals surface area contributed by atoms with Crippen LogP contribution in [0.1, 0.15) is 11.1 Å². The lowest BCUT2D eigenvalue weighted by Crippen LogP contribution is -2.28. The average Bonchev–Trinajstić information content (AvgIpc) is 2.49. The van der Waals surface area contributed by atoms with E-state index in [2.05, 4.69) is 4.18 Å². The normalized spacial score (nSPS) is 12.1. The summed E-state index contributed by atoms with van der Waals surface area (Å²) >= 11 is 0. The van der Waals surface area contributed by atoms with E-state index in [4.69, 9.17) is 4.74 Å². The van der Waals surface area contributed by atoms with Crippen molar-refractivity contribution >= 4 is 10.1 Å². The molecule has 0 spiro atoms. The van der Waals surface area contributed by atoms with E-state index in [0.717, 1.165) is 17.7 Å². The number of rotatable bonds is 6. The van der Waals surface area contributed by atoms with Gasteiger partial charge in [0.1, 0.15) is 5.75 Å². The van der Waals surface area contributed by atoms with Gasteiger partial charge in [0.25, 0.3) is 0 Å². The molecule has 8 heteroatoms. The van der Waals surface area contributed by atoms with Crippen molar-refractivity contribution in [3.8, 4) is 5.75 Å². The molecule has 23 heavy (non-hydrogen) atoms. The Morgan fingerprint density at radius 3 is 1.87 bits per heavy atom. The number of ether oxygens (including phenoxy) is 1. The van der Waals surface area contributed by atoms with Crippen LogP contribution in [0.5, 0.6) is 5.75 Å². The second kappa shape index (κ2) is 7.01. The Labute approximate surface area is 131 Å². The Balaban J connectivity index is 1.90. The van der Waals surface area contributed by atoms with Gasteiger partial charge in [-0.2, -0.15) is 21.6 Å². The summed E-state index contributed by atoms with van der Waals surface area (Å²) in [7, 11) is -5.65. The lowest BCUT2D eigenvalue weighted by Gasteiger charge is -2.10. The van der Waals surface area contributed by atoms with Crippen molar-refractivity contribution in [2.75, 3.05) is 0 Å². The molecule has 0 saturated carbocycles. The fourth-order valence-electron chi connectivity index (χ4n) is 1.68. The van der Waals surface area contributed by atoms with Crippen LogP contribution in [0, 0.1) is 0 Å². The van der Waals surface area contributed by atoms with E-state index < -0.39 is 21.4 Å². The third kappa shape index (κ3) is 4.97. The van der Waals surface area contributed by atoms with E-state index in [0.29, 0.717) is 12.2 Å². The lowest BCUT2D eigenvalue weighted by atomic mass is 10.2. The minimum Gasteiger partial charge on any atom is -0.376 e. The summed E-state index contributed by atoms with van der Waals surface area (Å²) < 4.78 is 67.8. The Bertz CT molecular complexity index is 726. The molecule has 0 aromatic heterocycles. The first-order chi connectivity index (χ1) is 10.8. The number of alkyl halides is 3. The van der Waals surface area contributed by atoms with Crippen molar-refractivity contribution in [3.05, 3.63) is 65.7 Å². The lowest BCUT2D eigenvalue weighted by molar-refractivity contribution is -0.0500. The number of benzene rings is 2. The standard InChI is InChI=1S/C15H13F3O4S/c16-15(17,18)23(19,20)22-14-8-6-13(7-9-14)11-21-10-12-4-2-1-3-5-12/h1-9H,10-11H2. The molecule has 0 aliphatic heterocycles. The number of hydrogen-bond acceptors (Lipinski definition) is 4. The fraction of sp³-hybridized carbons (Fsp3) is 0.200. The SMILES string of the molecule is O=S(=O)(Oc1ccc(COCc2ccccc2)cc1)C(F)(F)F. The second-order valence-electron chi connectivity index (χ2n) is 4.61. The highest BCUT2D eigenvalue weighted by atomic mass is 32.2. The smallest absolute Gasteiger partial charge is 0.376 e. The van der Waals surface area contributed by atoms with E-state index in [1.54, 1.807) is 0 Å². The largest absolute Gasteiger partial charge is 0.534 e. The van der Waals surface area contributed by atoms with E-state index in [1.165, 1.54) is 12.1 Å². The zero-order chi connectivity index (χ0) is 16.9. The summed E-state index contributed by atoms with van der Waals surface area (Å²) in [6.07, 6.45) is 0. The van der Waals surface area contributed by atoms with Crippen LogP contribution in [-0.4, -0.2) is 13.9 Å². The fourth-order valence-corrected chi connectivity index (χ4v) is 2.14. The van der Waals surface area contributed by atoms with Gasteiger partial charge < -0.3 is 8.92 Å². The minimum absolute atomic E-state index is 0.237. The van der Waals surface area contributed by atoms with Crippen molar-refractivity contribution in [3.63, 3.8) is 0 Å². The molecule has 0 fully saturated rings. The molecule has 2 aromatic carbocycles. The van der Waals surface area contributed by atoms with Crippen molar-refractivity contribution < 1.29 is 30.5 Å². The Kier molecular flexibility index (Phi) is 5.27. The van der Waals surface area contributed by atoms with Crippen LogP contribution in [0.3, 0.4) is 0 Å². The predicted molar refractivity (Wildman–Crippen MR) is 77.0 cm³/mol. The van der Waals surface area contributed by atoms with Crippen LogP contribution in [0.2, 0.25) is 0 Å². The first-order valence-corrected chi connectivity index (χ1v) is 7.90. The molecule has 0 aliphatic carbocycles. The quantitative estimate of drug-likeness (QED) is 0.592. The second-order valence-corrected chi connectivity index (χ2v) is 6.14. The summed E-state index contributed by atoms with van der Waals surface area (Å²) in [4.78, 5) is 0. The zero-order valence-electron chi connectivity index (χ0n) is 11.8. The molecular formula is C15H13F3O4S. The highest BCUT2D eigenvalue weighted by Crippen LogP contribution is 2.27. The molecule has 0 N–H and O–H groups in total. The Morgan fingerprint density at radius 1 is 0.826 bits per heavy atom. The first kappa shape index (κ1) is 17.3. The summed E-state index contributed by atoms with van der Waals surface area (Å²) in [5.74, 6) is -0.408. The summed E-state index contributed by atoms with van der Waals surface area (Å²) in [6.45, 7) is 0.628. The van der Waals surface area contributed by atoms with Gasteiger partial charge in [-0.05, 0) is 23.3 Å². The van der Waals surface area contributed by atoms with Crippen LogP contribution < -0.4 is 4.18 Å². The van der Waals surface area contributed by atoms with Crippen LogP contribution in [-0.2, 0) is 28.1 Å². The number of hydrogen-bond donors (Lipinski definition) is 0. The van der Waals surface area contributed by atoms with Crippen molar-refractivity contribution in [1.29, 1.82) is 0 Å². The summed E-state index contributed by atoms with van der Waals surface area (Å²) in [5, 5.41) is 0. The van der Waals surface area contributed by atoms with Gasteiger partial charge in [-0.1, -0.05) is 42.5 Å². The predicted octanol–water partition coefficient (Wildman–Crippen LogP) is 3.63. The molecule has 0 saturated heterocycles. The van der Waals surface area contributed by atoms with Crippen molar-refractivity contribution in [2.45, 2.75) is 18.7 Å². The molecule has 0 atom stereocenters. The maximum Gasteiger partial charge on any atom is 0.534 e. The van der Waals surface area contributed by atoms with E-state index >= 15 is 0 Å². The molecular weight excluding hydrogens is 333 g/mol. The van der Waals surface area contributed by atoms with Crippen molar-refractivity contribution in [1.82, 2.24) is 0 Å². The van der Waals surface area contributed by atoms with Gasteiger partial charge in [0.05, 0.1) is 13.2 Å². The Morgan fingerprint density at radius 2 is 1.35 bits per heavy atom. The molecule has 4 nitrogen and oxygen atoms in total. The average molecular weight is 346 g/mol. The van der Waals surface area contributed by atoms with Crippen LogP contribution in [0.15, 0.2) is 54.6 Å². The van der Waals surface area contributed by atoms with E-state index in [1.807, 2.05) is 30.3 Å². The molecule has 0 heterocycles. The Hall–Kier alpha value is -2.06. The minimum atomic E-state index is -5.65. The third-order valence-electron chi connectivity index (χ3n) is 2.79. The third-order valence-corrected chi connectivity index (χ3v) is 3.77. The summed E-state index contributed by atoms with van der Waals surface area (Å²) in [6, 6.07) is 14.6. The van der Waals surface area contributed by atoms with E-state index in [-0.39, 0.29) is 6.61 Å². The highest BCUT2D eigenvalue weighted by Gasteiger charge is 2.48. The molecule has 2 rings (SSSR count). The van der Waals surface area contributed by atoms with Crippen LogP contribution in [0.4, 0.5) is 13.2 Å². The van der Waals surface area contributed by atoms with Crippen LogP contribution >= 0.6 is 0 Å². The molecule has 2 aromatic rings. The molecule has 0 bridgehead atoms. The zero-order valence-corrected chi connectivity index (χ0v) is 12.6. The van der Waals surface area contributed by atoms with Gasteiger partial charge in [0.2, 0.25) is 0 Å². The van der Waals surface area contributed by atoms with Gasteiger partial charge in [-0.25, -0.2) is 0 Å². The van der Waals surface area contributed by atoms with E-state index in [9.17, 15) is 21.6 Å². The maximum atomic E-state index is 12.2. The van der Waals surface area contributed by atoms with Crippen molar-refractivity contribution in [2.24, 2.45) is 0 Å². The van der Waals surface area contributed by atoms with Gasteiger partial charge in [0, 0.05) is 0 Å². The monoisotopic (exact) mass is 346 g/mol. The molecule has 124 valence electrons. The molecule has 0 aliphatic rings. The number of halogens is 3. The highest BCUT2D eigenvalue weighted by molar-refractivity contribution is 7.87. The van der Waals surface area contributed by atoms with Gasteiger partial charge >= 0.3 is 15.6 Å². The van der Waals surface area contributed by atoms with Gasteiger partial charge in [-0.3, -0.25) is 0 Å². The molecule has 0 radical (unpaired) electrons. The topological polar surface area (TPSA) is 52.6 Å². The maximum absolute atomic E-state index is 12.2. The first-order valence-electron chi connectivity index (χ1n) is 6.49. The van der Waals surface area contributed by atoms with Crippen LogP contribution in [0.25, 0.3) is 0 Å². The molecule has 0 unspecified atom stereocenters. The summed E-state index contributed by atoms with van der Waals surface area (Å²) in [5.41, 5.74) is -3.79. The van der Waals surface area contributed by atoms with Gasteiger partial charge in [-0.15, -0.1) is 0 Å². The molecule has 0 amide bonds. The van der Waals surface area contributed by atoms with Gasteiger partial charge in [0.15, 0.2) is 0 Å².